The van der Waals surface area contributed by atoms with Crippen molar-refractivity contribution in [2.24, 2.45) is 14.1 Å². The molecule has 1 N–H and O–H groups in total. The molecule has 0 atom stereocenters. The lowest BCUT2D eigenvalue weighted by atomic mass is 10.3. The van der Waals surface area contributed by atoms with Crippen LogP contribution in [0.5, 0.6) is 0 Å². The molecule has 0 saturated heterocycles. The van der Waals surface area contributed by atoms with Gasteiger partial charge in [-0.2, -0.15) is 10.2 Å². The molecule has 0 aliphatic heterocycles. The van der Waals surface area contributed by atoms with Crippen LogP contribution in [-0.4, -0.2) is 19.6 Å². The van der Waals surface area contributed by atoms with Gasteiger partial charge in [0.15, 0.2) is 0 Å². The second kappa shape index (κ2) is 5.03. The quantitative estimate of drug-likeness (QED) is 0.886. The number of halogens is 1. The summed E-state index contributed by atoms with van der Waals surface area (Å²) in [6.45, 7) is 2.76. The van der Waals surface area contributed by atoms with E-state index < -0.39 is 0 Å². The number of nitrogens with zero attached hydrogens (tertiary/aromatic N) is 4. The first kappa shape index (κ1) is 12.6. The Morgan fingerprint density at radius 2 is 2.12 bits per heavy atom. The molecule has 0 spiro atoms. The molecule has 88 valence electrons. The fraction of sp³-hybridized carbons (Fsp3) is 0.400. The predicted octanol–water partition coefficient (Wildman–Crippen LogP) is 1.50. The Morgan fingerprint density at radius 3 is 2.62 bits per heavy atom. The minimum absolute atomic E-state index is 0. The largest absolute Gasteiger partial charge is 0.364 e. The molecule has 2 rings (SSSR count). The van der Waals surface area contributed by atoms with E-state index in [1.807, 2.05) is 44.2 Å². The SMILES string of the molecule is Cc1cnn(C)c1NCc1ccn(C)n1.Cl. The summed E-state index contributed by atoms with van der Waals surface area (Å²) in [7, 11) is 3.84. The number of aryl methyl sites for hydroxylation is 3. The maximum absolute atomic E-state index is 4.29. The zero-order valence-corrected chi connectivity index (χ0v) is 10.5. The average molecular weight is 242 g/mol. The number of rotatable bonds is 3. The molecule has 0 fully saturated rings. The number of hydrogen-bond acceptors (Lipinski definition) is 3. The van der Waals surface area contributed by atoms with Crippen LogP contribution in [0.3, 0.4) is 0 Å². The fourth-order valence-electron chi connectivity index (χ4n) is 1.53. The van der Waals surface area contributed by atoms with Gasteiger partial charge in [0.05, 0.1) is 18.4 Å². The molecule has 0 unspecified atom stereocenters. The van der Waals surface area contributed by atoms with Gasteiger partial charge in [-0.05, 0) is 13.0 Å². The molecule has 0 aliphatic carbocycles. The molecule has 6 heteroatoms. The first-order chi connectivity index (χ1) is 7.16. The third-order valence-corrected chi connectivity index (χ3v) is 2.33. The summed E-state index contributed by atoms with van der Waals surface area (Å²) in [4.78, 5) is 0. The van der Waals surface area contributed by atoms with Crippen LogP contribution < -0.4 is 5.32 Å². The lowest BCUT2D eigenvalue weighted by Gasteiger charge is -2.05. The van der Waals surface area contributed by atoms with Crippen LogP contribution in [0.15, 0.2) is 18.5 Å². The molecular formula is C10H16ClN5. The lowest BCUT2D eigenvalue weighted by Crippen LogP contribution is -2.06. The second-order valence-corrected chi connectivity index (χ2v) is 3.63. The Bertz CT molecular complexity index is 440. The van der Waals surface area contributed by atoms with Gasteiger partial charge in [-0.1, -0.05) is 0 Å². The van der Waals surface area contributed by atoms with Gasteiger partial charge < -0.3 is 5.32 Å². The van der Waals surface area contributed by atoms with E-state index in [0.29, 0.717) is 0 Å². The summed E-state index contributed by atoms with van der Waals surface area (Å²) >= 11 is 0. The second-order valence-electron chi connectivity index (χ2n) is 3.63. The predicted molar refractivity (Wildman–Crippen MR) is 65.7 cm³/mol. The molecule has 0 aliphatic rings. The van der Waals surface area contributed by atoms with Crippen LogP contribution in [0, 0.1) is 6.92 Å². The van der Waals surface area contributed by atoms with Gasteiger partial charge in [-0.3, -0.25) is 9.36 Å². The fourth-order valence-corrected chi connectivity index (χ4v) is 1.53. The number of hydrogen-bond donors (Lipinski definition) is 1. The molecule has 2 heterocycles. The van der Waals surface area contributed by atoms with Crippen LogP contribution in [0.1, 0.15) is 11.3 Å². The third-order valence-electron chi connectivity index (χ3n) is 2.33. The third kappa shape index (κ3) is 2.55. The minimum atomic E-state index is 0. The van der Waals surface area contributed by atoms with E-state index in [1.165, 1.54) is 0 Å². The van der Waals surface area contributed by atoms with Crippen molar-refractivity contribution in [3.63, 3.8) is 0 Å². The van der Waals surface area contributed by atoms with Gasteiger partial charge in [-0.25, -0.2) is 0 Å². The highest BCUT2D eigenvalue weighted by atomic mass is 35.5. The van der Waals surface area contributed by atoms with Crippen molar-refractivity contribution in [1.82, 2.24) is 19.6 Å². The van der Waals surface area contributed by atoms with E-state index in [0.717, 1.165) is 23.6 Å². The zero-order chi connectivity index (χ0) is 10.8. The summed E-state index contributed by atoms with van der Waals surface area (Å²) in [5, 5.41) is 11.8. The van der Waals surface area contributed by atoms with Crippen molar-refractivity contribution in [2.75, 3.05) is 5.32 Å². The maximum Gasteiger partial charge on any atom is 0.127 e. The van der Waals surface area contributed by atoms with E-state index in [9.17, 15) is 0 Å². The first-order valence-electron chi connectivity index (χ1n) is 4.88. The summed E-state index contributed by atoms with van der Waals surface area (Å²) in [6, 6.07) is 2.00. The summed E-state index contributed by atoms with van der Waals surface area (Å²) in [5.41, 5.74) is 2.17. The van der Waals surface area contributed by atoms with Crippen LogP contribution in [0.4, 0.5) is 5.82 Å². The molecule has 0 saturated carbocycles. The molecule has 2 aromatic heterocycles. The number of anilines is 1. The van der Waals surface area contributed by atoms with Gasteiger partial charge in [0.25, 0.3) is 0 Å². The average Bonchev–Trinajstić information content (AvgIpc) is 2.73. The molecule has 0 bridgehead atoms. The molecule has 16 heavy (non-hydrogen) atoms. The highest BCUT2D eigenvalue weighted by molar-refractivity contribution is 5.85. The molecule has 0 radical (unpaired) electrons. The highest BCUT2D eigenvalue weighted by Crippen LogP contribution is 2.12. The number of aromatic nitrogens is 4. The van der Waals surface area contributed by atoms with Crippen LogP contribution in [0.2, 0.25) is 0 Å². The molecule has 0 aromatic carbocycles. The summed E-state index contributed by atoms with van der Waals surface area (Å²) in [5.74, 6) is 1.04. The van der Waals surface area contributed by atoms with Gasteiger partial charge in [0, 0.05) is 25.9 Å². The van der Waals surface area contributed by atoms with Crippen molar-refractivity contribution in [3.05, 3.63) is 29.7 Å². The normalized spacial score (nSPS) is 9.94. The maximum atomic E-state index is 4.29. The monoisotopic (exact) mass is 241 g/mol. The smallest absolute Gasteiger partial charge is 0.127 e. The van der Waals surface area contributed by atoms with Gasteiger partial charge in [-0.15, -0.1) is 12.4 Å². The van der Waals surface area contributed by atoms with E-state index in [-0.39, 0.29) is 12.4 Å². The van der Waals surface area contributed by atoms with Gasteiger partial charge in [0.1, 0.15) is 5.82 Å². The molecule has 5 nitrogen and oxygen atoms in total. The van der Waals surface area contributed by atoms with Gasteiger partial charge in [0.2, 0.25) is 0 Å². The van der Waals surface area contributed by atoms with Gasteiger partial charge >= 0.3 is 0 Å². The van der Waals surface area contributed by atoms with Crippen molar-refractivity contribution in [3.8, 4) is 0 Å². The van der Waals surface area contributed by atoms with Crippen molar-refractivity contribution in [1.29, 1.82) is 0 Å². The highest BCUT2D eigenvalue weighted by Gasteiger charge is 2.04. The molecule has 2 aromatic rings. The Balaban J connectivity index is 0.00000128. The van der Waals surface area contributed by atoms with E-state index in [4.69, 9.17) is 0 Å². The first-order valence-corrected chi connectivity index (χ1v) is 4.88. The van der Waals surface area contributed by atoms with Crippen molar-refractivity contribution < 1.29 is 0 Å². The molecular weight excluding hydrogens is 226 g/mol. The van der Waals surface area contributed by atoms with Crippen LogP contribution in [-0.2, 0) is 20.6 Å². The number of nitrogens with one attached hydrogen (secondary N) is 1. The Kier molecular flexibility index (Phi) is 3.95. The van der Waals surface area contributed by atoms with Crippen molar-refractivity contribution in [2.45, 2.75) is 13.5 Å². The Labute approximate surface area is 101 Å². The standard InChI is InChI=1S/C10H15N5.ClH/c1-8-6-12-15(3)10(8)11-7-9-4-5-14(2)13-9;/h4-6,11H,7H2,1-3H3;1H. The molecule has 0 amide bonds. The van der Waals surface area contributed by atoms with E-state index >= 15 is 0 Å². The van der Waals surface area contributed by atoms with Crippen LogP contribution in [0.25, 0.3) is 0 Å². The van der Waals surface area contributed by atoms with Crippen LogP contribution >= 0.6 is 12.4 Å². The Morgan fingerprint density at radius 1 is 1.38 bits per heavy atom. The zero-order valence-electron chi connectivity index (χ0n) is 9.64. The Hall–Kier alpha value is -1.49. The van der Waals surface area contributed by atoms with E-state index in [1.54, 1.807) is 4.68 Å². The topological polar surface area (TPSA) is 47.7 Å². The minimum Gasteiger partial charge on any atom is -0.364 e. The lowest BCUT2D eigenvalue weighted by molar-refractivity contribution is 0.739. The summed E-state index contributed by atoms with van der Waals surface area (Å²) in [6.07, 6.45) is 3.79. The van der Waals surface area contributed by atoms with E-state index in [2.05, 4.69) is 15.5 Å². The van der Waals surface area contributed by atoms with Crippen molar-refractivity contribution >= 4 is 18.2 Å². The summed E-state index contributed by atoms with van der Waals surface area (Å²) < 4.78 is 3.63.